The predicted octanol–water partition coefficient (Wildman–Crippen LogP) is 2.37. The summed E-state index contributed by atoms with van der Waals surface area (Å²) in [4.78, 5) is 12.1. The summed E-state index contributed by atoms with van der Waals surface area (Å²) in [6.07, 6.45) is -1.95. The minimum Gasteiger partial charge on any atom is -0.292 e. The van der Waals surface area contributed by atoms with Crippen LogP contribution in [0.3, 0.4) is 0 Å². The Bertz CT molecular complexity index is 441. The molecule has 2 rings (SSSR count). The lowest BCUT2D eigenvalue weighted by atomic mass is 9.78. The number of halogens is 3. The molecule has 7 heteroatoms. The first-order chi connectivity index (χ1) is 8.39. The van der Waals surface area contributed by atoms with E-state index in [4.69, 9.17) is 0 Å². The largest absolute Gasteiger partial charge is 0.391 e. The normalized spacial score (nSPS) is 25.1. The number of rotatable bonds is 2. The Kier molecular flexibility index (Phi) is 3.41. The number of aryl methyl sites for hydroxylation is 1. The third-order valence-electron chi connectivity index (χ3n) is 3.47. The van der Waals surface area contributed by atoms with Crippen LogP contribution in [-0.4, -0.2) is 27.0 Å². The zero-order valence-corrected chi connectivity index (χ0v) is 9.94. The molecule has 0 amide bonds. The maximum atomic E-state index is 12.7. The van der Waals surface area contributed by atoms with Gasteiger partial charge in [-0.2, -0.15) is 13.2 Å². The summed E-state index contributed by atoms with van der Waals surface area (Å²) in [7, 11) is 1.56. The SMILES string of the molecule is Cn1nncc1C(=O)C1CCCC(C(F)(F)F)C1. The molecule has 100 valence electrons. The molecule has 1 fully saturated rings. The zero-order valence-electron chi connectivity index (χ0n) is 9.94. The number of ketones is 1. The van der Waals surface area contributed by atoms with Gasteiger partial charge in [0.2, 0.25) is 0 Å². The van der Waals surface area contributed by atoms with Crippen molar-refractivity contribution < 1.29 is 18.0 Å². The highest BCUT2D eigenvalue weighted by atomic mass is 19.4. The lowest BCUT2D eigenvalue weighted by molar-refractivity contribution is -0.184. The first kappa shape index (κ1) is 13.0. The summed E-state index contributed by atoms with van der Waals surface area (Å²) in [5, 5.41) is 7.20. The maximum Gasteiger partial charge on any atom is 0.391 e. The van der Waals surface area contributed by atoms with Gasteiger partial charge in [-0.05, 0) is 19.3 Å². The molecule has 1 aliphatic rings. The van der Waals surface area contributed by atoms with Gasteiger partial charge in [0.05, 0.1) is 12.1 Å². The molecule has 0 N–H and O–H groups in total. The molecule has 0 radical (unpaired) electrons. The second-order valence-electron chi connectivity index (χ2n) is 4.71. The van der Waals surface area contributed by atoms with Gasteiger partial charge >= 0.3 is 6.18 Å². The second-order valence-corrected chi connectivity index (χ2v) is 4.71. The molecule has 0 bridgehead atoms. The highest BCUT2D eigenvalue weighted by Crippen LogP contribution is 2.40. The first-order valence-electron chi connectivity index (χ1n) is 5.85. The molecule has 0 spiro atoms. The molecule has 2 atom stereocenters. The third kappa shape index (κ3) is 2.54. The minimum absolute atomic E-state index is 0.118. The zero-order chi connectivity index (χ0) is 13.3. The summed E-state index contributed by atoms with van der Waals surface area (Å²) in [6.45, 7) is 0. The van der Waals surface area contributed by atoms with Crippen LogP contribution in [0.1, 0.15) is 36.2 Å². The molecule has 1 heterocycles. The third-order valence-corrected chi connectivity index (χ3v) is 3.47. The van der Waals surface area contributed by atoms with Crippen molar-refractivity contribution in [3.8, 4) is 0 Å². The van der Waals surface area contributed by atoms with Crippen molar-refractivity contribution in [1.82, 2.24) is 15.0 Å². The maximum absolute atomic E-state index is 12.7. The summed E-state index contributed by atoms with van der Waals surface area (Å²) >= 11 is 0. The van der Waals surface area contributed by atoms with Gasteiger partial charge in [-0.15, -0.1) is 5.10 Å². The average molecular weight is 261 g/mol. The molecular weight excluding hydrogens is 247 g/mol. The van der Waals surface area contributed by atoms with E-state index in [-0.39, 0.29) is 24.3 Å². The second kappa shape index (κ2) is 4.70. The topological polar surface area (TPSA) is 47.8 Å². The van der Waals surface area contributed by atoms with Crippen molar-refractivity contribution in [2.24, 2.45) is 18.9 Å². The van der Waals surface area contributed by atoms with Crippen LogP contribution in [0.15, 0.2) is 6.20 Å². The Balaban J connectivity index is 2.10. The van der Waals surface area contributed by atoms with Gasteiger partial charge in [0.15, 0.2) is 5.78 Å². The Morgan fingerprint density at radius 1 is 1.44 bits per heavy atom. The van der Waals surface area contributed by atoms with Crippen LogP contribution in [0.2, 0.25) is 0 Å². The van der Waals surface area contributed by atoms with Crippen molar-refractivity contribution in [3.05, 3.63) is 11.9 Å². The fourth-order valence-electron chi connectivity index (χ4n) is 2.45. The van der Waals surface area contributed by atoms with Gasteiger partial charge in [0.25, 0.3) is 0 Å². The lowest BCUT2D eigenvalue weighted by Gasteiger charge is -2.29. The highest BCUT2D eigenvalue weighted by Gasteiger charge is 2.43. The van der Waals surface area contributed by atoms with Gasteiger partial charge < -0.3 is 0 Å². The molecule has 1 aromatic rings. The number of aromatic nitrogens is 3. The number of Topliss-reactive ketones (excluding diaryl/α,β-unsaturated/α-hetero) is 1. The number of carbonyl (C=O) groups is 1. The van der Waals surface area contributed by atoms with Gasteiger partial charge in [-0.3, -0.25) is 4.79 Å². The molecule has 0 saturated heterocycles. The van der Waals surface area contributed by atoms with Crippen molar-refractivity contribution in [1.29, 1.82) is 0 Å². The average Bonchev–Trinajstić information content (AvgIpc) is 2.73. The smallest absolute Gasteiger partial charge is 0.292 e. The van der Waals surface area contributed by atoms with E-state index in [0.29, 0.717) is 12.8 Å². The van der Waals surface area contributed by atoms with Crippen LogP contribution in [0.25, 0.3) is 0 Å². The summed E-state index contributed by atoms with van der Waals surface area (Å²) < 4.78 is 39.3. The van der Waals surface area contributed by atoms with Crippen LogP contribution in [0.5, 0.6) is 0 Å². The van der Waals surface area contributed by atoms with Crippen molar-refractivity contribution >= 4 is 5.78 Å². The fourth-order valence-corrected chi connectivity index (χ4v) is 2.45. The van der Waals surface area contributed by atoms with E-state index in [1.807, 2.05) is 0 Å². The Hall–Kier alpha value is -1.40. The van der Waals surface area contributed by atoms with Crippen LogP contribution in [0, 0.1) is 11.8 Å². The molecular formula is C11H14F3N3O. The first-order valence-corrected chi connectivity index (χ1v) is 5.85. The van der Waals surface area contributed by atoms with Crippen molar-refractivity contribution in [2.75, 3.05) is 0 Å². The van der Waals surface area contributed by atoms with Gasteiger partial charge in [-0.25, -0.2) is 4.68 Å². The molecule has 0 aliphatic heterocycles. The number of hydrogen-bond acceptors (Lipinski definition) is 3. The van der Waals surface area contributed by atoms with E-state index in [0.717, 1.165) is 0 Å². The van der Waals surface area contributed by atoms with Crippen molar-refractivity contribution in [2.45, 2.75) is 31.9 Å². The number of hydrogen-bond donors (Lipinski definition) is 0. The van der Waals surface area contributed by atoms with E-state index in [1.165, 1.54) is 10.9 Å². The quantitative estimate of drug-likeness (QED) is 0.768. The Morgan fingerprint density at radius 2 is 2.17 bits per heavy atom. The Labute approximate surface area is 102 Å². The molecule has 0 aromatic carbocycles. The number of carbonyl (C=O) groups excluding carboxylic acids is 1. The summed E-state index contributed by atoms with van der Waals surface area (Å²) in [6, 6.07) is 0. The molecule has 4 nitrogen and oxygen atoms in total. The van der Waals surface area contributed by atoms with E-state index in [9.17, 15) is 18.0 Å². The number of nitrogens with zero attached hydrogens (tertiary/aromatic N) is 3. The van der Waals surface area contributed by atoms with Gasteiger partial charge in [0.1, 0.15) is 5.69 Å². The molecule has 2 unspecified atom stereocenters. The summed E-state index contributed by atoms with van der Waals surface area (Å²) in [5.41, 5.74) is 0.280. The monoisotopic (exact) mass is 261 g/mol. The van der Waals surface area contributed by atoms with Gasteiger partial charge in [-0.1, -0.05) is 11.6 Å². The van der Waals surface area contributed by atoms with E-state index < -0.39 is 18.0 Å². The van der Waals surface area contributed by atoms with Crippen LogP contribution >= 0.6 is 0 Å². The highest BCUT2D eigenvalue weighted by molar-refractivity contribution is 5.96. The van der Waals surface area contributed by atoms with Crippen LogP contribution in [-0.2, 0) is 7.05 Å². The number of alkyl halides is 3. The van der Waals surface area contributed by atoms with Gasteiger partial charge in [0, 0.05) is 13.0 Å². The fraction of sp³-hybridized carbons (Fsp3) is 0.727. The van der Waals surface area contributed by atoms with Crippen molar-refractivity contribution in [3.63, 3.8) is 0 Å². The molecule has 1 aromatic heterocycles. The van der Waals surface area contributed by atoms with E-state index in [1.54, 1.807) is 7.05 Å². The summed E-state index contributed by atoms with van der Waals surface area (Å²) in [5.74, 6) is -2.21. The molecule has 1 saturated carbocycles. The van der Waals surface area contributed by atoms with Crippen LogP contribution < -0.4 is 0 Å². The van der Waals surface area contributed by atoms with Crippen LogP contribution in [0.4, 0.5) is 13.2 Å². The predicted molar refractivity (Wildman–Crippen MR) is 56.8 cm³/mol. The lowest BCUT2D eigenvalue weighted by Crippen LogP contribution is -2.32. The molecule has 1 aliphatic carbocycles. The standard InChI is InChI=1S/C11H14F3N3O/c1-17-9(6-15-16-17)10(18)7-3-2-4-8(5-7)11(12,13)14/h6-8H,2-5H2,1H3. The Morgan fingerprint density at radius 3 is 2.72 bits per heavy atom. The van der Waals surface area contributed by atoms with E-state index >= 15 is 0 Å². The molecule has 18 heavy (non-hydrogen) atoms. The minimum atomic E-state index is -4.20. The van der Waals surface area contributed by atoms with E-state index in [2.05, 4.69) is 10.3 Å².